The lowest BCUT2D eigenvalue weighted by molar-refractivity contribution is -0.119. The molecule has 18 heavy (non-hydrogen) atoms. The van der Waals surface area contributed by atoms with E-state index < -0.39 is 0 Å². The number of carbonyl (C=O) groups excluding carboxylic acids is 1. The van der Waals surface area contributed by atoms with E-state index in [1.807, 2.05) is 18.2 Å². The molecule has 4 nitrogen and oxygen atoms in total. The van der Waals surface area contributed by atoms with Gasteiger partial charge in [-0.25, -0.2) is 0 Å². The van der Waals surface area contributed by atoms with E-state index in [-0.39, 0.29) is 12.5 Å². The van der Waals surface area contributed by atoms with E-state index in [4.69, 9.17) is 10.5 Å². The van der Waals surface area contributed by atoms with Crippen LogP contribution in [0.3, 0.4) is 0 Å². The Morgan fingerprint density at radius 1 is 1.17 bits per heavy atom. The van der Waals surface area contributed by atoms with Crippen molar-refractivity contribution in [3.8, 4) is 0 Å². The number of rotatable bonds is 9. The molecule has 0 aliphatic heterocycles. The van der Waals surface area contributed by atoms with Crippen molar-refractivity contribution in [3.63, 3.8) is 0 Å². The summed E-state index contributed by atoms with van der Waals surface area (Å²) in [5.41, 5.74) is 6.47. The maximum absolute atomic E-state index is 10.8. The van der Waals surface area contributed by atoms with E-state index in [1.165, 1.54) is 5.56 Å². The van der Waals surface area contributed by atoms with Gasteiger partial charge in [-0.15, -0.1) is 0 Å². The monoisotopic (exact) mass is 250 g/mol. The number of nitrogens with one attached hydrogen (secondary N) is 1. The zero-order valence-corrected chi connectivity index (χ0v) is 10.7. The Morgan fingerprint density at radius 3 is 2.67 bits per heavy atom. The minimum absolute atomic E-state index is 0.0631. The summed E-state index contributed by atoms with van der Waals surface area (Å²) in [6, 6.07) is 10.3. The molecule has 0 aromatic heterocycles. The summed E-state index contributed by atoms with van der Waals surface area (Å²) in [5, 5.41) is 2.73. The number of benzene rings is 1. The molecule has 0 spiro atoms. The smallest absolute Gasteiger partial charge is 0.233 e. The van der Waals surface area contributed by atoms with E-state index in [0.29, 0.717) is 6.54 Å². The third-order valence-corrected chi connectivity index (χ3v) is 2.60. The van der Waals surface area contributed by atoms with Crippen molar-refractivity contribution in [2.45, 2.75) is 19.3 Å². The van der Waals surface area contributed by atoms with Gasteiger partial charge < -0.3 is 15.8 Å². The van der Waals surface area contributed by atoms with Crippen LogP contribution in [-0.2, 0) is 16.0 Å². The number of ether oxygens (including phenoxy) is 1. The predicted molar refractivity (Wildman–Crippen MR) is 72.3 cm³/mol. The highest BCUT2D eigenvalue weighted by Gasteiger charge is 1.96. The minimum atomic E-state index is -0.0972. The maximum atomic E-state index is 10.8. The molecule has 1 rings (SSSR count). The van der Waals surface area contributed by atoms with Crippen LogP contribution in [-0.4, -0.2) is 32.2 Å². The quantitative estimate of drug-likeness (QED) is 0.645. The summed E-state index contributed by atoms with van der Waals surface area (Å²) in [5.74, 6) is -0.0972. The molecule has 0 aliphatic carbocycles. The molecular weight excluding hydrogens is 228 g/mol. The van der Waals surface area contributed by atoms with Crippen LogP contribution in [0.15, 0.2) is 30.3 Å². The Kier molecular flexibility index (Phi) is 7.84. The minimum Gasteiger partial charge on any atom is -0.381 e. The van der Waals surface area contributed by atoms with E-state index in [2.05, 4.69) is 17.4 Å². The van der Waals surface area contributed by atoms with Gasteiger partial charge >= 0.3 is 0 Å². The molecule has 0 aliphatic rings. The molecule has 0 unspecified atom stereocenters. The highest BCUT2D eigenvalue weighted by atomic mass is 16.5. The molecule has 0 atom stereocenters. The van der Waals surface area contributed by atoms with Crippen LogP contribution in [0.2, 0.25) is 0 Å². The van der Waals surface area contributed by atoms with E-state index >= 15 is 0 Å². The number of amides is 1. The molecule has 100 valence electrons. The summed E-state index contributed by atoms with van der Waals surface area (Å²) in [7, 11) is 0. The lowest BCUT2D eigenvalue weighted by Crippen LogP contribution is -2.31. The van der Waals surface area contributed by atoms with E-state index in [0.717, 1.165) is 32.5 Å². The fourth-order valence-electron chi connectivity index (χ4n) is 1.57. The molecule has 0 saturated heterocycles. The van der Waals surface area contributed by atoms with E-state index in [9.17, 15) is 4.79 Å². The van der Waals surface area contributed by atoms with Gasteiger partial charge in [-0.2, -0.15) is 0 Å². The van der Waals surface area contributed by atoms with Gasteiger partial charge in [0.1, 0.15) is 0 Å². The standard InChI is InChI=1S/C14H22N2O2/c15-12-14(17)16-9-4-5-10-18-11-8-13-6-2-1-3-7-13/h1-3,6-7H,4-5,8-12,15H2,(H,16,17). The number of unbranched alkanes of at least 4 members (excludes halogenated alkanes) is 1. The van der Waals surface area contributed by atoms with Gasteiger partial charge in [0.25, 0.3) is 0 Å². The van der Waals surface area contributed by atoms with Crippen molar-refractivity contribution in [2.75, 3.05) is 26.3 Å². The molecule has 0 radical (unpaired) electrons. The summed E-state index contributed by atoms with van der Waals surface area (Å²) in [6.07, 6.45) is 2.83. The summed E-state index contributed by atoms with van der Waals surface area (Å²) in [6.45, 7) is 2.23. The summed E-state index contributed by atoms with van der Waals surface area (Å²) >= 11 is 0. The Balaban J connectivity index is 1.89. The van der Waals surface area contributed by atoms with Gasteiger partial charge in [0.05, 0.1) is 13.2 Å². The third-order valence-electron chi connectivity index (χ3n) is 2.60. The second kappa shape index (κ2) is 9.62. The first kappa shape index (κ1) is 14.7. The van der Waals surface area contributed by atoms with Gasteiger partial charge in [-0.05, 0) is 24.8 Å². The number of nitrogens with two attached hydrogens (primary N) is 1. The normalized spacial score (nSPS) is 10.3. The molecule has 0 fully saturated rings. The largest absolute Gasteiger partial charge is 0.381 e. The number of carbonyl (C=O) groups is 1. The van der Waals surface area contributed by atoms with Gasteiger partial charge in [-0.1, -0.05) is 30.3 Å². The zero-order valence-electron chi connectivity index (χ0n) is 10.7. The molecule has 4 heteroatoms. The van der Waals surface area contributed by atoms with Crippen LogP contribution in [0.25, 0.3) is 0 Å². The maximum Gasteiger partial charge on any atom is 0.233 e. The first-order valence-electron chi connectivity index (χ1n) is 6.41. The van der Waals surface area contributed by atoms with Gasteiger partial charge in [0.15, 0.2) is 0 Å². The zero-order chi connectivity index (χ0) is 13.1. The highest BCUT2D eigenvalue weighted by Crippen LogP contribution is 2.00. The number of hydrogen-bond acceptors (Lipinski definition) is 3. The van der Waals surface area contributed by atoms with Crippen LogP contribution >= 0.6 is 0 Å². The first-order valence-corrected chi connectivity index (χ1v) is 6.41. The van der Waals surface area contributed by atoms with Crippen molar-refractivity contribution in [3.05, 3.63) is 35.9 Å². The van der Waals surface area contributed by atoms with Crippen LogP contribution in [0.5, 0.6) is 0 Å². The van der Waals surface area contributed by atoms with Crippen molar-refractivity contribution < 1.29 is 9.53 Å². The Bertz CT molecular complexity index is 328. The van der Waals surface area contributed by atoms with Crippen LogP contribution in [0.1, 0.15) is 18.4 Å². The summed E-state index contributed by atoms with van der Waals surface area (Å²) in [4.78, 5) is 10.8. The molecule has 1 amide bonds. The molecule has 0 bridgehead atoms. The molecule has 0 saturated carbocycles. The second-order valence-corrected chi connectivity index (χ2v) is 4.11. The fourth-order valence-corrected chi connectivity index (χ4v) is 1.57. The Morgan fingerprint density at radius 2 is 1.94 bits per heavy atom. The lowest BCUT2D eigenvalue weighted by Gasteiger charge is -2.05. The summed E-state index contributed by atoms with van der Waals surface area (Å²) < 4.78 is 5.53. The highest BCUT2D eigenvalue weighted by molar-refractivity contribution is 5.77. The average Bonchev–Trinajstić information content (AvgIpc) is 2.42. The Hall–Kier alpha value is -1.39. The predicted octanol–water partition coefficient (Wildman–Crippen LogP) is 1.10. The van der Waals surface area contributed by atoms with Crippen LogP contribution in [0, 0.1) is 0 Å². The van der Waals surface area contributed by atoms with Crippen LogP contribution in [0.4, 0.5) is 0 Å². The van der Waals surface area contributed by atoms with Crippen molar-refractivity contribution >= 4 is 5.91 Å². The number of hydrogen-bond donors (Lipinski definition) is 2. The van der Waals surface area contributed by atoms with Crippen LogP contribution < -0.4 is 11.1 Å². The molecule has 1 aromatic rings. The van der Waals surface area contributed by atoms with Crippen molar-refractivity contribution in [1.29, 1.82) is 0 Å². The van der Waals surface area contributed by atoms with Gasteiger partial charge in [0, 0.05) is 13.2 Å². The van der Waals surface area contributed by atoms with Gasteiger partial charge in [-0.3, -0.25) is 4.79 Å². The topological polar surface area (TPSA) is 64.4 Å². The molecule has 1 aromatic carbocycles. The molecule has 0 heterocycles. The first-order chi connectivity index (χ1) is 8.83. The van der Waals surface area contributed by atoms with E-state index in [1.54, 1.807) is 0 Å². The van der Waals surface area contributed by atoms with Crippen molar-refractivity contribution in [1.82, 2.24) is 5.32 Å². The second-order valence-electron chi connectivity index (χ2n) is 4.11. The average molecular weight is 250 g/mol. The molecular formula is C14H22N2O2. The van der Waals surface area contributed by atoms with Gasteiger partial charge in [0.2, 0.25) is 5.91 Å². The molecule has 3 N–H and O–H groups in total. The lowest BCUT2D eigenvalue weighted by atomic mass is 10.2. The SMILES string of the molecule is NCC(=O)NCCCCOCCc1ccccc1. The Labute approximate surface area is 109 Å². The fraction of sp³-hybridized carbons (Fsp3) is 0.500. The third kappa shape index (κ3) is 7.04. The van der Waals surface area contributed by atoms with Crippen molar-refractivity contribution in [2.24, 2.45) is 5.73 Å².